The fourth-order valence-corrected chi connectivity index (χ4v) is 2.81. The summed E-state index contributed by atoms with van der Waals surface area (Å²) in [6.45, 7) is 3.00. The van der Waals surface area contributed by atoms with E-state index in [0.717, 1.165) is 17.7 Å². The summed E-state index contributed by atoms with van der Waals surface area (Å²) < 4.78 is 7.68. The van der Waals surface area contributed by atoms with Crippen LogP contribution in [0.2, 0.25) is 0 Å². The van der Waals surface area contributed by atoms with Gasteiger partial charge in [0.25, 0.3) is 0 Å². The minimum atomic E-state index is -0.262. The number of amides is 2. The van der Waals surface area contributed by atoms with Crippen LogP contribution in [0.25, 0.3) is 0 Å². The lowest BCUT2D eigenvalue weighted by Gasteiger charge is -2.22. The first kappa shape index (κ1) is 17.2. The number of aromatic nitrogens is 2. The number of rotatable bonds is 6. The van der Waals surface area contributed by atoms with Gasteiger partial charge in [0.2, 0.25) is 11.8 Å². The normalized spacial score (nSPS) is 16.1. The van der Waals surface area contributed by atoms with Crippen LogP contribution >= 0.6 is 0 Å². The number of carbonyl (C=O) groups excluding carboxylic acids is 2. The highest BCUT2D eigenvalue weighted by molar-refractivity contribution is 5.83. The van der Waals surface area contributed by atoms with E-state index in [9.17, 15) is 9.59 Å². The summed E-state index contributed by atoms with van der Waals surface area (Å²) in [4.78, 5) is 22.6. The van der Waals surface area contributed by atoms with Crippen molar-refractivity contribution >= 4 is 11.8 Å². The van der Waals surface area contributed by atoms with E-state index in [-0.39, 0.29) is 24.5 Å². The molecule has 1 aromatic carbocycles. The number of nitrogens with one attached hydrogen (secondary N) is 2. The minimum absolute atomic E-state index is 0.0304. The predicted octanol–water partition coefficient (Wildman–Crippen LogP) is 0.798. The Morgan fingerprint density at radius 2 is 2.08 bits per heavy atom. The summed E-state index contributed by atoms with van der Waals surface area (Å²) in [5.41, 5.74) is 3.22. The minimum Gasteiger partial charge on any atom is -0.370 e. The Labute approximate surface area is 146 Å². The average molecular weight is 342 g/mol. The molecule has 0 spiro atoms. The van der Waals surface area contributed by atoms with Gasteiger partial charge < -0.3 is 15.4 Å². The van der Waals surface area contributed by atoms with Gasteiger partial charge in [-0.1, -0.05) is 30.3 Å². The predicted molar refractivity (Wildman–Crippen MR) is 91.9 cm³/mol. The molecule has 2 heterocycles. The standard InChI is InChI=1S/C18H22N4O3/c1-13(23)19-10-17(24)20-9-16-18-15(7-8-25-16)12-22(21-18)11-14-5-3-2-4-6-14/h2-6,12,16H,7-11H2,1H3,(H,19,23)(H,20,24)/t16-/m1/s1. The molecule has 2 amide bonds. The van der Waals surface area contributed by atoms with Gasteiger partial charge in [-0.25, -0.2) is 0 Å². The van der Waals surface area contributed by atoms with Crippen molar-refractivity contribution in [1.82, 2.24) is 20.4 Å². The lowest BCUT2D eigenvalue weighted by atomic mass is 10.1. The molecule has 7 nitrogen and oxygen atoms in total. The second kappa shape index (κ2) is 7.94. The lowest BCUT2D eigenvalue weighted by Crippen LogP contribution is -2.38. The van der Waals surface area contributed by atoms with E-state index in [1.54, 1.807) is 0 Å². The Hall–Kier alpha value is -2.67. The topological polar surface area (TPSA) is 85.3 Å². The van der Waals surface area contributed by atoms with Crippen molar-refractivity contribution in [2.75, 3.05) is 19.7 Å². The maximum absolute atomic E-state index is 11.7. The number of hydrogen-bond donors (Lipinski definition) is 2. The fraction of sp³-hybridized carbons (Fsp3) is 0.389. The van der Waals surface area contributed by atoms with Crippen LogP contribution < -0.4 is 10.6 Å². The van der Waals surface area contributed by atoms with Crippen LogP contribution in [0, 0.1) is 0 Å². The fourth-order valence-electron chi connectivity index (χ4n) is 2.81. The molecular formula is C18H22N4O3. The van der Waals surface area contributed by atoms with Crippen LogP contribution in [-0.4, -0.2) is 41.3 Å². The zero-order valence-corrected chi connectivity index (χ0v) is 14.2. The molecule has 1 aliphatic heterocycles. The van der Waals surface area contributed by atoms with Crippen molar-refractivity contribution in [2.24, 2.45) is 0 Å². The van der Waals surface area contributed by atoms with Crippen LogP contribution in [0.5, 0.6) is 0 Å². The quantitative estimate of drug-likeness (QED) is 0.813. The zero-order chi connectivity index (χ0) is 17.6. The van der Waals surface area contributed by atoms with Crippen molar-refractivity contribution < 1.29 is 14.3 Å². The van der Waals surface area contributed by atoms with Gasteiger partial charge in [0.15, 0.2) is 0 Å². The molecule has 0 saturated carbocycles. The first-order valence-electron chi connectivity index (χ1n) is 8.34. The number of fused-ring (bicyclic) bond motifs is 1. The molecule has 0 saturated heterocycles. The summed E-state index contributed by atoms with van der Waals surface area (Å²) >= 11 is 0. The number of benzene rings is 1. The van der Waals surface area contributed by atoms with Crippen molar-refractivity contribution in [3.63, 3.8) is 0 Å². The van der Waals surface area contributed by atoms with E-state index in [0.29, 0.717) is 19.7 Å². The Morgan fingerprint density at radius 1 is 1.28 bits per heavy atom. The molecule has 0 fully saturated rings. The molecular weight excluding hydrogens is 320 g/mol. The molecule has 0 radical (unpaired) electrons. The Morgan fingerprint density at radius 3 is 2.84 bits per heavy atom. The highest BCUT2D eigenvalue weighted by Crippen LogP contribution is 2.25. The molecule has 1 aliphatic rings. The first-order valence-corrected chi connectivity index (χ1v) is 8.34. The van der Waals surface area contributed by atoms with Crippen LogP contribution in [-0.2, 0) is 27.3 Å². The Balaban J connectivity index is 1.61. The van der Waals surface area contributed by atoms with Gasteiger partial charge in [-0.3, -0.25) is 14.3 Å². The second-order valence-corrected chi connectivity index (χ2v) is 6.05. The molecule has 0 unspecified atom stereocenters. The van der Waals surface area contributed by atoms with E-state index in [1.807, 2.05) is 22.9 Å². The van der Waals surface area contributed by atoms with E-state index >= 15 is 0 Å². The van der Waals surface area contributed by atoms with Crippen molar-refractivity contribution in [1.29, 1.82) is 0 Å². The van der Waals surface area contributed by atoms with Gasteiger partial charge in [-0.2, -0.15) is 5.10 Å². The Kier molecular flexibility index (Phi) is 5.45. The molecule has 2 N–H and O–H groups in total. The summed E-state index contributed by atoms with van der Waals surface area (Å²) in [5.74, 6) is -0.472. The molecule has 1 aromatic heterocycles. The lowest BCUT2D eigenvalue weighted by molar-refractivity contribution is -0.125. The van der Waals surface area contributed by atoms with Gasteiger partial charge in [-0.15, -0.1) is 0 Å². The number of carbonyl (C=O) groups is 2. The van der Waals surface area contributed by atoms with Gasteiger partial charge >= 0.3 is 0 Å². The number of ether oxygens (including phenoxy) is 1. The summed E-state index contributed by atoms with van der Waals surface area (Å²) in [6, 6.07) is 10.1. The molecule has 2 aromatic rings. The van der Waals surface area contributed by atoms with Crippen LogP contribution in [0.15, 0.2) is 36.5 Å². The van der Waals surface area contributed by atoms with Crippen molar-refractivity contribution in [3.8, 4) is 0 Å². The first-order chi connectivity index (χ1) is 12.1. The third kappa shape index (κ3) is 4.67. The van der Waals surface area contributed by atoms with Crippen molar-refractivity contribution in [3.05, 3.63) is 53.3 Å². The SMILES string of the molecule is CC(=O)NCC(=O)NC[C@H]1OCCc2cn(Cc3ccccc3)nc21. The monoisotopic (exact) mass is 342 g/mol. The molecule has 132 valence electrons. The van der Waals surface area contributed by atoms with Crippen LogP contribution in [0.1, 0.15) is 29.8 Å². The molecule has 1 atom stereocenters. The van der Waals surface area contributed by atoms with E-state index < -0.39 is 0 Å². The zero-order valence-electron chi connectivity index (χ0n) is 14.2. The van der Waals surface area contributed by atoms with Gasteiger partial charge in [0.1, 0.15) is 6.10 Å². The van der Waals surface area contributed by atoms with Gasteiger partial charge in [0, 0.05) is 19.7 Å². The third-order valence-corrected chi connectivity index (χ3v) is 4.04. The van der Waals surface area contributed by atoms with E-state index in [1.165, 1.54) is 12.5 Å². The van der Waals surface area contributed by atoms with Gasteiger partial charge in [-0.05, 0) is 17.5 Å². The van der Waals surface area contributed by atoms with Crippen LogP contribution in [0.3, 0.4) is 0 Å². The van der Waals surface area contributed by atoms with Crippen LogP contribution in [0.4, 0.5) is 0 Å². The molecule has 3 rings (SSSR count). The maximum atomic E-state index is 11.7. The molecule has 0 bridgehead atoms. The number of hydrogen-bond acceptors (Lipinski definition) is 4. The van der Waals surface area contributed by atoms with E-state index in [4.69, 9.17) is 4.74 Å². The third-order valence-electron chi connectivity index (χ3n) is 4.04. The van der Waals surface area contributed by atoms with Gasteiger partial charge in [0.05, 0.1) is 25.4 Å². The highest BCUT2D eigenvalue weighted by atomic mass is 16.5. The smallest absolute Gasteiger partial charge is 0.239 e. The van der Waals surface area contributed by atoms with Crippen molar-refractivity contribution in [2.45, 2.75) is 26.0 Å². The summed E-state index contributed by atoms with van der Waals surface area (Å²) in [5, 5.41) is 9.90. The summed E-state index contributed by atoms with van der Waals surface area (Å²) in [6.07, 6.45) is 2.61. The maximum Gasteiger partial charge on any atom is 0.239 e. The number of nitrogens with zero attached hydrogens (tertiary/aromatic N) is 2. The Bertz CT molecular complexity index is 742. The molecule has 25 heavy (non-hydrogen) atoms. The summed E-state index contributed by atoms with van der Waals surface area (Å²) in [7, 11) is 0. The molecule has 7 heteroatoms. The largest absolute Gasteiger partial charge is 0.370 e. The average Bonchev–Trinajstić information content (AvgIpc) is 3.02. The van der Waals surface area contributed by atoms with E-state index in [2.05, 4.69) is 34.1 Å². The highest BCUT2D eigenvalue weighted by Gasteiger charge is 2.25. The second-order valence-electron chi connectivity index (χ2n) is 6.05. The molecule has 0 aliphatic carbocycles.